The minimum Gasteiger partial charge on any atom is -0.321 e. The molecule has 1 fully saturated rings. The standard InChI is InChI=1S/C18H28N2O/c1-6-15-17(21)20(12-13(2)18(3,4)5)16(19-15)14-10-8-7-9-11-14/h7-11,13,15-16,19H,6,12H2,1-5H3. The highest BCUT2D eigenvalue weighted by Gasteiger charge is 2.40. The van der Waals surface area contributed by atoms with Crippen LogP contribution in [0.2, 0.25) is 0 Å². The van der Waals surface area contributed by atoms with Gasteiger partial charge in [-0.2, -0.15) is 0 Å². The zero-order chi connectivity index (χ0) is 15.6. The molecule has 0 radical (unpaired) electrons. The number of hydrogen-bond acceptors (Lipinski definition) is 2. The van der Waals surface area contributed by atoms with Gasteiger partial charge in [0.1, 0.15) is 6.17 Å². The summed E-state index contributed by atoms with van der Waals surface area (Å²) in [6, 6.07) is 10.2. The Balaban J connectivity index is 2.23. The molecular formula is C18H28N2O. The summed E-state index contributed by atoms with van der Waals surface area (Å²) in [7, 11) is 0. The van der Waals surface area contributed by atoms with Gasteiger partial charge < -0.3 is 4.90 Å². The van der Waals surface area contributed by atoms with Crippen LogP contribution in [-0.2, 0) is 4.79 Å². The Morgan fingerprint density at radius 2 is 1.86 bits per heavy atom. The summed E-state index contributed by atoms with van der Waals surface area (Å²) in [6.45, 7) is 11.8. The molecule has 0 bridgehead atoms. The Kier molecular flexibility index (Phi) is 4.72. The van der Waals surface area contributed by atoms with Crippen LogP contribution >= 0.6 is 0 Å². The van der Waals surface area contributed by atoms with Gasteiger partial charge >= 0.3 is 0 Å². The van der Waals surface area contributed by atoms with E-state index in [9.17, 15) is 4.79 Å². The van der Waals surface area contributed by atoms with Crippen LogP contribution in [0.25, 0.3) is 0 Å². The van der Waals surface area contributed by atoms with Crippen LogP contribution in [-0.4, -0.2) is 23.4 Å². The maximum Gasteiger partial charge on any atom is 0.241 e. The molecule has 3 nitrogen and oxygen atoms in total. The van der Waals surface area contributed by atoms with Crippen molar-refractivity contribution >= 4 is 5.91 Å². The predicted molar refractivity (Wildman–Crippen MR) is 86.7 cm³/mol. The van der Waals surface area contributed by atoms with Gasteiger partial charge in [-0.3, -0.25) is 10.1 Å². The monoisotopic (exact) mass is 288 g/mol. The second kappa shape index (κ2) is 6.18. The average molecular weight is 288 g/mol. The van der Waals surface area contributed by atoms with Gasteiger partial charge in [0.25, 0.3) is 0 Å². The fraction of sp³-hybridized carbons (Fsp3) is 0.611. The molecule has 1 aliphatic heterocycles. The van der Waals surface area contributed by atoms with Gasteiger partial charge in [0.15, 0.2) is 0 Å². The molecular weight excluding hydrogens is 260 g/mol. The molecule has 0 aromatic heterocycles. The van der Waals surface area contributed by atoms with Crippen LogP contribution in [0.4, 0.5) is 0 Å². The molecule has 21 heavy (non-hydrogen) atoms. The third-order valence-corrected chi connectivity index (χ3v) is 4.72. The first-order valence-corrected chi connectivity index (χ1v) is 7.96. The van der Waals surface area contributed by atoms with E-state index in [1.165, 1.54) is 5.56 Å². The molecule has 3 atom stereocenters. The van der Waals surface area contributed by atoms with Crippen molar-refractivity contribution in [3.8, 4) is 0 Å². The molecule has 3 heteroatoms. The molecule has 2 rings (SSSR count). The number of nitrogens with zero attached hydrogens (tertiary/aromatic N) is 1. The van der Waals surface area contributed by atoms with E-state index in [1.54, 1.807) is 0 Å². The van der Waals surface area contributed by atoms with Gasteiger partial charge in [0.2, 0.25) is 5.91 Å². The zero-order valence-corrected chi connectivity index (χ0v) is 13.9. The Morgan fingerprint density at radius 3 is 2.38 bits per heavy atom. The molecule has 1 N–H and O–H groups in total. The summed E-state index contributed by atoms with van der Waals surface area (Å²) in [5.41, 5.74) is 1.37. The maximum atomic E-state index is 12.6. The van der Waals surface area contributed by atoms with E-state index >= 15 is 0 Å². The first kappa shape index (κ1) is 16.0. The third-order valence-electron chi connectivity index (χ3n) is 4.72. The van der Waals surface area contributed by atoms with E-state index in [2.05, 4.69) is 52.1 Å². The minimum absolute atomic E-state index is 0.00782. The molecule has 0 aliphatic carbocycles. The van der Waals surface area contributed by atoms with Crippen molar-refractivity contribution < 1.29 is 4.79 Å². The Labute approximate surface area is 128 Å². The second-order valence-electron chi connectivity index (χ2n) is 7.20. The fourth-order valence-electron chi connectivity index (χ4n) is 2.65. The van der Waals surface area contributed by atoms with Crippen LogP contribution in [0.1, 0.15) is 52.8 Å². The highest BCUT2D eigenvalue weighted by molar-refractivity contribution is 5.84. The Hall–Kier alpha value is -1.35. The molecule has 1 amide bonds. The topological polar surface area (TPSA) is 32.3 Å². The number of rotatable bonds is 4. The number of carbonyl (C=O) groups is 1. The lowest BCUT2D eigenvalue weighted by Crippen LogP contribution is -2.38. The highest BCUT2D eigenvalue weighted by Crippen LogP contribution is 2.32. The Morgan fingerprint density at radius 1 is 1.24 bits per heavy atom. The van der Waals surface area contributed by atoms with Crippen molar-refractivity contribution in [3.05, 3.63) is 35.9 Å². The second-order valence-corrected chi connectivity index (χ2v) is 7.20. The van der Waals surface area contributed by atoms with E-state index in [1.807, 2.05) is 23.1 Å². The van der Waals surface area contributed by atoms with Crippen LogP contribution in [0.15, 0.2) is 30.3 Å². The van der Waals surface area contributed by atoms with Gasteiger partial charge in [-0.25, -0.2) is 0 Å². The lowest BCUT2D eigenvalue weighted by Gasteiger charge is -2.33. The molecule has 0 spiro atoms. The van der Waals surface area contributed by atoms with Crippen LogP contribution in [0, 0.1) is 11.3 Å². The van der Waals surface area contributed by atoms with Crippen LogP contribution in [0.3, 0.4) is 0 Å². The number of carbonyl (C=O) groups excluding carboxylic acids is 1. The van der Waals surface area contributed by atoms with Crippen LogP contribution in [0.5, 0.6) is 0 Å². The third kappa shape index (κ3) is 3.46. The van der Waals surface area contributed by atoms with Crippen molar-refractivity contribution in [2.24, 2.45) is 11.3 Å². The first-order valence-electron chi connectivity index (χ1n) is 7.96. The largest absolute Gasteiger partial charge is 0.321 e. The first-order chi connectivity index (χ1) is 9.84. The summed E-state index contributed by atoms with van der Waals surface area (Å²) in [6.07, 6.45) is 0.844. The smallest absolute Gasteiger partial charge is 0.241 e. The van der Waals surface area contributed by atoms with Crippen molar-refractivity contribution in [2.45, 2.75) is 53.2 Å². The van der Waals surface area contributed by atoms with Gasteiger partial charge in [0, 0.05) is 6.54 Å². The maximum absolute atomic E-state index is 12.6. The van der Waals surface area contributed by atoms with Gasteiger partial charge in [-0.15, -0.1) is 0 Å². The number of amides is 1. The van der Waals surface area contributed by atoms with E-state index in [-0.39, 0.29) is 23.5 Å². The van der Waals surface area contributed by atoms with Gasteiger partial charge in [-0.1, -0.05) is 65.0 Å². The average Bonchev–Trinajstić information content (AvgIpc) is 2.76. The van der Waals surface area contributed by atoms with Crippen LogP contribution < -0.4 is 5.32 Å². The molecule has 1 heterocycles. The van der Waals surface area contributed by atoms with Gasteiger partial charge in [-0.05, 0) is 23.3 Å². The molecule has 1 aliphatic rings. The molecule has 3 unspecified atom stereocenters. The molecule has 116 valence electrons. The zero-order valence-electron chi connectivity index (χ0n) is 13.9. The number of nitrogens with one attached hydrogen (secondary N) is 1. The summed E-state index contributed by atoms with van der Waals surface area (Å²) >= 11 is 0. The highest BCUT2D eigenvalue weighted by atomic mass is 16.2. The molecule has 1 saturated heterocycles. The van der Waals surface area contributed by atoms with E-state index in [0.717, 1.165) is 13.0 Å². The minimum atomic E-state index is -0.0534. The Bertz CT molecular complexity index is 478. The number of hydrogen-bond donors (Lipinski definition) is 1. The van der Waals surface area contributed by atoms with Gasteiger partial charge in [0.05, 0.1) is 6.04 Å². The van der Waals surface area contributed by atoms with E-state index < -0.39 is 0 Å². The number of benzene rings is 1. The van der Waals surface area contributed by atoms with Crippen molar-refractivity contribution in [3.63, 3.8) is 0 Å². The SMILES string of the molecule is CCC1NC(c2ccccc2)N(CC(C)C(C)(C)C)C1=O. The molecule has 0 saturated carbocycles. The normalized spacial score (nSPS) is 24.4. The van der Waals surface area contributed by atoms with Crippen molar-refractivity contribution in [1.82, 2.24) is 10.2 Å². The summed E-state index contributed by atoms with van der Waals surface area (Å²) in [5.74, 6) is 0.688. The lowest BCUT2D eigenvalue weighted by atomic mass is 9.81. The fourth-order valence-corrected chi connectivity index (χ4v) is 2.65. The molecule has 1 aromatic rings. The summed E-state index contributed by atoms with van der Waals surface area (Å²) < 4.78 is 0. The van der Waals surface area contributed by atoms with E-state index in [4.69, 9.17) is 0 Å². The van der Waals surface area contributed by atoms with Crippen molar-refractivity contribution in [2.75, 3.05) is 6.54 Å². The summed E-state index contributed by atoms with van der Waals surface area (Å²) in [4.78, 5) is 14.7. The lowest BCUT2D eigenvalue weighted by molar-refractivity contribution is -0.131. The quantitative estimate of drug-likeness (QED) is 0.918. The summed E-state index contributed by atoms with van der Waals surface area (Å²) in [5, 5.41) is 3.49. The van der Waals surface area contributed by atoms with E-state index in [0.29, 0.717) is 5.92 Å². The van der Waals surface area contributed by atoms with Crippen molar-refractivity contribution in [1.29, 1.82) is 0 Å². The predicted octanol–water partition coefficient (Wildman–Crippen LogP) is 3.58. The molecule has 1 aromatic carbocycles.